The van der Waals surface area contributed by atoms with Crippen LogP contribution >= 0.6 is 0 Å². The average Bonchev–Trinajstić information content (AvgIpc) is 2.96. The molecule has 0 atom stereocenters. The molecular formula is C17H15N3O. The number of rotatable bonds is 3. The van der Waals surface area contributed by atoms with E-state index in [1.54, 1.807) is 6.08 Å². The molecule has 21 heavy (non-hydrogen) atoms. The molecule has 0 aliphatic rings. The van der Waals surface area contributed by atoms with Crippen molar-refractivity contribution in [2.75, 3.05) is 5.73 Å². The third-order valence-electron chi connectivity index (χ3n) is 3.11. The van der Waals surface area contributed by atoms with Gasteiger partial charge in [0.15, 0.2) is 0 Å². The quantitative estimate of drug-likeness (QED) is 0.739. The molecule has 0 spiro atoms. The van der Waals surface area contributed by atoms with Crippen molar-refractivity contribution in [3.8, 4) is 11.4 Å². The van der Waals surface area contributed by atoms with E-state index >= 15 is 0 Å². The topological polar surface area (TPSA) is 64.9 Å². The van der Waals surface area contributed by atoms with Crippen molar-refractivity contribution in [1.82, 2.24) is 10.1 Å². The standard InChI is InChI=1S/C17H15N3O/c1-12-2-7-14(8-3-12)17-19-16(21-20-17)11-6-13-4-9-15(18)10-5-13/h2-11H,18H2,1H3/b11-6+. The molecule has 1 aromatic heterocycles. The molecule has 3 rings (SSSR count). The van der Waals surface area contributed by atoms with Crippen LogP contribution in [0, 0.1) is 6.92 Å². The number of nitrogens with zero attached hydrogens (tertiary/aromatic N) is 2. The molecule has 3 aromatic rings. The first-order valence-corrected chi connectivity index (χ1v) is 6.65. The van der Waals surface area contributed by atoms with Crippen molar-refractivity contribution in [1.29, 1.82) is 0 Å². The zero-order valence-electron chi connectivity index (χ0n) is 11.7. The predicted molar refractivity (Wildman–Crippen MR) is 84.3 cm³/mol. The molecule has 104 valence electrons. The van der Waals surface area contributed by atoms with Crippen molar-refractivity contribution >= 4 is 17.8 Å². The second kappa shape index (κ2) is 5.63. The first-order chi connectivity index (χ1) is 10.2. The van der Waals surface area contributed by atoms with Gasteiger partial charge in [0.2, 0.25) is 5.82 Å². The minimum absolute atomic E-state index is 0.474. The summed E-state index contributed by atoms with van der Waals surface area (Å²) in [7, 11) is 0. The van der Waals surface area contributed by atoms with Gasteiger partial charge >= 0.3 is 0 Å². The highest BCUT2D eigenvalue weighted by molar-refractivity contribution is 5.67. The largest absolute Gasteiger partial charge is 0.399 e. The van der Waals surface area contributed by atoms with Crippen molar-refractivity contribution < 1.29 is 4.52 Å². The van der Waals surface area contributed by atoms with Crippen LogP contribution in [0.15, 0.2) is 53.1 Å². The summed E-state index contributed by atoms with van der Waals surface area (Å²) in [6, 6.07) is 15.6. The van der Waals surface area contributed by atoms with Gasteiger partial charge in [0.1, 0.15) is 0 Å². The first-order valence-electron chi connectivity index (χ1n) is 6.65. The molecule has 0 saturated heterocycles. The molecule has 0 fully saturated rings. The zero-order valence-corrected chi connectivity index (χ0v) is 11.7. The van der Waals surface area contributed by atoms with Crippen molar-refractivity contribution in [2.45, 2.75) is 6.92 Å². The lowest BCUT2D eigenvalue weighted by Crippen LogP contribution is -1.82. The van der Waals surface area contributed by atoms with E-state index in [-0.39, 0.29) is 0 Å². The molecule has 4 nitrogen and oxygen atoms in total. The van der Waals surface area contributed by atoms with Crippen LogP contribution in [0.5, 0.6) is 0 Å². The monoisotopic (exact) mass is 277 g/mol. The second-order valence-electron chi connectivity index (χ2n) is 4.82. The zero-order chi connectivity index (χ0) is 14.7. The minimum Gasteiger partial charge on any atom is -0.399 e. The number of nitrogen functional groups attached to an aromatic ring is 1. The van der Waals surface area contributed by atoms with Gasteiger partial charge in [-0.05, 0) is 30.7 Å². The van der Waals surface area contributed by atoms with Gasteiger partial charge in [-0.25, -0.2) is 0 Å². The number of anilines is 1. The van der Waals surface area contributed by atoms with Gasteiger partial charge in [-0.3, -0.25) is 0 Å². The lowest BCUT2D eigenvalue weighted by molar-refractivity contribution is 0.411. The van der Waals surface area contributed by atoms with E-state index in [1.807, 2.05) is 61.5 Å². The second-order valence-corrected chi connectivity index (χ2v) is 4.82. The third-order valence-corrected chi connectivity index (χ3v) is 3.11. The highest BCUT2D eigenvalue weighted by Crippen LogP contribution is 2.17. The van der Waals surface area contributed by atoms with Crippen molar-refractivity contribution in [3.05, 3.63) is 65.5 Å². The molecule has 0 aliphatic carbocycles. The lowest BCUT2D eigenvalue weighted by Gasteiger charge is -1.94. The van der Waals surface area contributed by atoms with Crippen LogP contribution < -0.4 is 5.73 Å². The summed E-state index contributed by atoms with van der Waals surface area (Å²) in [6.07, 6.45) is 3.70. The van der Waals surface area contributed by atoms with Gasteiger partial charge in [0.25, 0.3) is 5.89 Å². The van der Waals surface area contributed by atoms with Gasteiger partial charge in [0, 0.05) is 17.3 Å². The lowest BCUT2D eigenvalue weighted by atomic mass is 10.1. The fourth-order valence-electron chi connectivity index (χ4n) is 1.90. The molecule has 0 unspecified atom stereocenters. The van der Waals surface area contributed by atoms with Gasteiger partial charge in [-0.2, -0.15) is 4.98 Å². The maximum Gasteiger partial charge on any atom is 0.250 e. The summed E-state index contributed by atoms with van der Waals surface area (Å²) in [5, 5.41) is 3.99. The summed E-state index contributed by atoms with van der Waals surface area (Å²) in [5.74, 6) is 1.06. The third kappa shape index (κ3) is 3.17. The Labute approximate surface area is 122 Å². The smallest absolute Gasteiger partial charge is 0.250 e. The van der Waals surface area contributed by atoms with E-state index in [9.17, 15) is 0 Å². The summed E-state index contributed by atoms with van der Waals surface area (Å²) >= 11 is 0. The molecule has 0 saturated carbocycles. The molecule has 0 radical (unpaired) electrons. The predicted octanol–water partition coefficient (Wildman–Crippen LogP) is 3.80. The molecule has 1 heterocycles. The van der Waals surface area contributed by atoms with Gasteiger partial charge in [0.05, 0.1) is 0 Å². The Hall–Kier alpha value is -2.88. The van der Waals surface area contributed by atoms with Gasteiger partial charge < -0.3 is 10.3 Å². The van der Waals surface area contributed by atoms with Crippen LogP contribution in [0.2, 0.25) is 0 Å². The summed E-state index contributed by atoms with van der Waals surface area (Å²) in [4.78, 5) is 4.35. The van der Waals surface area contributed by atoms with Crippen LogP contribution in [0.1, 0.15) is 17.0 Å². The molecular weight excluding hydrogens is 262 g/mol. The highest BCUT2D eigenvalue weighted by atomic mass is 16.5. The Balaban J connectivity index is 1.78. The van der Waals surface area contributed by atoms with Gasteiger partial charge in [-0.15, -0.1) is 0 Å². The average molecular weight is 277 g/mol. The Morgan fingerprint density at radius 2 is 1.67 bits per heavy atom. The maximum absolute atomic E-state index is 5.65. The Kier molecular flexibility index (Phi) is 3.51. The molecule has 2 aromatic carbocycles. The molecule has 2 N–H and O–H groups in total. The number of hydrogen-bond acceptors (Lipinski definition) is 4. The summed E-state index contributed by atoms with van der Waals surface area (Å²) in [6.45, 7) is 2.04. The first kappa shape index (κ1) is 13.1. The Morgan fingerprint density at radius 1 is 0.952 bits per heavy atom. The number of hydrogen-bond donors (Lipinski definition) is 1. The number of nitrogens with two attached hydrogens (primary N) is 1. The SMILES string of the molecule is Cc1ccc(-c2noc(/C=C/c3ccc(N)cc3)n2)cc1. The maximum atomic E-state index is 5.65. The Bertz CT molecular complexity index is 755. The van der Waals surface area contributed by atoms with E-state index in [0.717, 1.165) is 16.8 Å². The normalized spacial score (nSPS) is 11.1. The molecule has 0 bridgehead atoms. The van der Waals surface area contributed by atoms with Crippen LogP contribution in [0.3, 0.4) is 0 Å². The van der Waals surface area contributed by atoms with E-state index in [0.29, 0.717) is 11.7 Å². The fraction of sp³-hybridized carbons (Fsp3) is 0.0588. The highest BCUT2D eigenvalue weighted by Gasteiger charge is 2.05. The van der Waals surface area contributed by atoms with E-state index < -0.39 is 0 Å². The summed E-state index contributed by atoms with van der Waals surface area (Å²) < 4.78 is 5.22. The fourth-order valence-corrected chi connectivity index (χ4v) is 1.90. The van der Waals surface area contributed by atoms with Crippen LogP contribution in [0.25, 0.3) is 23.5 Å². The minimum atomic E-state index is 0.474. The summed E-state index contributed by atoms with van der Waals surface area (Å²) in [5.41, 5.74) is 9.56. The number of aromatic nitrogens is 2. The van der Waals surface area contributed by atoms with Crippen molar-refractivity contribution in [2.24, 2.45) is 0 Å². The number of aryl methyl sites for hydroxylation is 1. The van der Waals surface area contributed by atoms with Crippen molar-refractivity contribution in [3.63, 3.8) is 0 Å². The molecule has 0 amide bonds. The van der Waals surface area contributed by atoms with Crippen LogP contribution in [0.4, 0.5) is 5.69 Å². The van der Waals surface area contributed by atoms with Crippen LogP contribution in [-0.4, -0.2) is 10.1 Å². The van der Waals surface area contributed by atoms with E-state index in [2.05, 4.69) is 10.1 Å². The van der Waals surface area contributed by atoms with Crippen LogP contribution in [-0.2, 0) is 0 Å². The molecule has 4 heteroatoms. The number of benzene rings is 2. The van der Waals surface area contributed by atoms with E-state index in [4.69, 9.17) is 10.3 Å². The molecule has 0 aliphatic heterocycles. The van der Waals surface area contributed by atoms with E-state index in [1.165, 1.54) is 5.56 Å². The Morgan fingerprint density at radius 3 is 2.38 bits per heavy atom. The van der Waals surface area contributed by atoms with Gasteiger partial charge in [-0.1, -0.05) is 47.1 Å².